The van der Waals surface area contributed by atoms with Crippen LogP contribution >= 0.6 is 0 Å². The summed E-state index contributed by atoms with van der Waals surface area (Å²) in [5.74, 6) is 0.366. The quantitative estimate of drug-likeness (QED) is 0.718. The van der Waals surface area contributed by atoms with Gasteiger partial charge in [-0.3, -0.25) is 9.88 Å². The number of fused-ring (bicyclic) bond motifs is 1. The van der Waals surface area contributed by atoms with Crippen LogP contribution in [0.25, 0.3) is 10.9 Å². The number of anilines is 1. The fraction of sp³-hybridized carbons (Fsp3) is 0.368. The lowest BCUT2D eigenvalue weighted by molar-refractivity contribution is 0.225. The molecule has 7 heteroatoms. The normalized spacial score (nSPS) is 15.8. The van der Waals surface area contributed by atoms with Gasteiger partial charge in [0, 0.05) is 49.5 Å². The largest absolute Gasteiger partial charge is 0.444 e. The number of benzene rings is 1. The van der Waals surface area contributed by atoms with E-state index >= 15 is 0 Å². The van der Waals surface area contributed by atoms with Crippen molar-refractivity contribution < 1.29 is 13.2 Å². The number of hydrogen-bond donors (Lipinski definition) is 0. The van der Waals surface area contributed by atoms with Gasteiger partial charge in [0.2, 0.25) is 5.89 Å². The predicted octanol–water partition coefficient (Wildman–Crippen LogP) is 3.44. The molecule has 1 aliphatic rings. The third-order valence-electron chi connectivity index (χ3n) is 4.88. The van der Waals surface area contributed by atoms with Crippen LogP contribution in [0, 0.1) is 25.5 Å². The Hall–Kier alpha value is -2.54. The van der Waals surface area contributed by atoms with Crippen LogP contribution in [0.2, 0.25) is 0 Å². The maximum Gasteiger partial charge on any atom is 0.208 e. The van der Waals surface area contributed by atoms with Crippen molar-refractivity contribution in [2.24, 2.45) is 0 Å². The Morgan fingerprint density at radius 2 is 1.88 bits per heavy atom. The second-order valence-electron chi connectivity index (χ2n) is 6.63. The standard InChI is InChI=1S/C19H20F2N4O/c1-12-13(2)26-18(23-12)11-24-5-7-25(8-6-24)17-3-4-22-19-15(17)9-14(20)10-16(19)21/h3-4,9-10H,5-8,11H2,1-2H3. The number of rotatable bonds is 3. The molecule has 0 N–H and O–H groups in total. The first-order valence-electron chi connectivity index (χ1n) is 8.65. The van der Waals surface area contributed by atoms with Gasteiger partial charge in [-0.25, -0.2) is 13.8 Å². The third-order valence-corrected chi connectivity index (χ3v) is 4.88. The van der Waals surface area contributed by atoms with Crippen LogP contribution in [0.1, 0.15) is 17.3 Å². The number of oxazole rings is 1. The Kier molecular flexibility index (Phi) is 4.32. The van der Waals surface area contributed by atoms with Crippen LogP contribution in [-0.2, 0) is 6.54 Å². The van der Waals surface area contributed by atoms with Gasteiger partial charge in [0.05, 0.1) is 12.2 Å². The summed E-state index contributed by atoms with van der Waals surface area (Å²) in [4.78, 5) is 12.9. The highest BCUT2D eigenvalue weighted by molar-refractivity contribution is 5.92. The van der Waals surface area contributed by atoms with Crippen LogP contribution in [0.3, 0.4) is 0 Å². The molecule has 0 aliphatic carbocycles. The molecule has 0 spiro atoms. The van der Waals surface area contributed by atoms with E-state index in [2.05, 4.69) is 19.8 Å². The van der Waals surface area contributed by atoms with Crippen LogP contribution in [0.5, 0.6) is 0 Å². The molecule has 1 saturated heterocycles. The number of aromatic nitrogens is 2. The smallest absolute Gasteiger partial charge is 0.208 e. The molecule has 26 heavy (non-hydrogen) atoms. The average Bonchev–Trinajstić information content (AvgIpc) is 2.92. The van der Waals surface area contributed by atoms with Gasteiger partial charge < -0.3 is 9.32 Å². The molecule has 1 fully saturated rings. The van der Waals surface area contributed by atoms with Crippen LogP contribution in [0.15, 0.2) is 28.8 Å². The van der Waals surface area contributed by atoms with E-state index in [0.717, 1.165) is 55.3 Å². The molecule has 5 nitrogen and oxygen atoms in total. The molecule has 0 atom stereocenters. The first-order chi connectivity index (χ1) is 12.5. The fourth-order valence-electron chi connectivity index (χ4n) is 3.39. The van der Waals surface area contributed by atoms with Gasteiger partial charge in [-0.1, -0.05) is 0 Å². The number of aryl methyl sites for hydroxylation is 2. The van der Waals surface area contributed by atoms with Crippen LogP contribution in [0.4, 0.5) is 14.5 Å². The zero-order valence-corrected chi connectivity index (χ0v) is 14.8. The third kappa shape index (κ3) is 3.14. The molecule has 136 valence electrons. The average molecular weight is 358 g/mol. The molecule has 0 radical (unpaired) electrons. The lowest BCUT2D eigenvalue weighted by Crippen LogP contribution is -2.46. The molecule has 4 rings (SSSR count). The minimum Gasteiger partial charge on any atom is -0.444 e. The van der Waals surface area contributed by atoms with Gasteiger partial charge >= 0.3 is 0 Å². The predicted molar refractivity (Wildman–Crippen MR) is 95.1 cm³/mol. The zero-order valence-electron chi connectivity index (χ0n) is 14.8. The lowest BCUT2D eigenvalue weighted by atomic mass is 10.1. The van der Waals surface area contributed by atoms with E-state index in [1.54, 1.807) is 6.20 Å². The molecule has 3 aromatic rings. The molecule has 1 aromatic carbocycles. The molecular formula is C19H20F2N4O. The number of piperazine rings is 1. The summed E-state index contributed by atoms with van der Waals surface area (Å²) < 4.78 is 33.3. The van der Waals surface area contributed by atoms with E-state index in [1.165, 1.54) is 6.07 Å². The second-order valence-corrected chi connectivity index (χ2v) is 6.63. The van der Waals surface area contributed by atoms with Crippen molar-refractivity contribution in [3.8, 4) is 0 Å². The highest BCUT2D eigenvalue weighted by Crippen LogP contribution is 2.28. The maximum atomic E-state index is 14.0. The summed E-state index contributed by atoms with van der Waals surface area (Å²) in [6.07, 6.45) is 1.57. The fourth-order valence-corrected chi connectivity index (χ4v) is 3.39. The van der Waals surface area contributed by atoms with Crippen molar-refractivity contribution in [1.29, 1.82) is 0 Å². The number of hydrogen-bond acceptors (Lipinski definition) is 5. The SMILES string of the molecule is Cc1nc(CN2CCN(c3ccnc4c(F)cc(F)cc34)CC2)oc1C. The summed E-state index contributed by atoms with van der Waals surface area (Å²) in [7, 11) is 0. The van der Waals surface area contributed by atoms with Crippen LogP contribution < -0.4 is 4.90 Å². The van der Waals surface area contributed by atoms with Crippen molar-refractivity contribution in [3.63, 3.8) is 0 Å². The van der Waals surface area contributed by atoms with E-state index in [4.69, 9.17) is 4.42 Å². The first-order valence-corrected chi connectivity index (χ1v) is 8.65. The van der Waals surface area contributed by atoms with E-state index < -0.39 is 11.6 Å². The minimum atomic E-state index is -0.630. The Balaban J connectivity index is 1.50. The highest BCUT2D eigenvalue weighted by Gasteiger charge is 2.21. The van der Waals surface area contributed by atoms with Gasteiger partial charge in [-0.05, 0) is 26.0 Å². The summed E-state index contributed by atoms with van der Waals surface area (Å²) in [5, 5.41) is 0.511. The van der Waals surface area contributed by atoms with Crippen molar-refractivity contribution in [2.75, 3.05) is 31.1 Å². The molecule has 2 aromatic heterocycles. The van der Waals surface area contributed by atoms with E-state index in [1.807, 2.05) is 19.9 Å². The minimum absolute atomic E-state index is 0.206. The summed E-state index contributed by atoms with van der Waals surface area (Å²) >= 11 is 0. The Bertz CT molecular complexity index is 929. The molecule has 0 saturated carbocycles. The van der Waals surface area contributed by atoms with Crippen molar-refractivity contribution >= 4 is 16.6 Å². The number of pyridine rings is 1. The van der Waals surface area contributed by atoms with Gasteiger partial charge in [0.1, 0.15) is 17.1 Å². The Morgan fingerprint density at radius 1 is 1.12 bits per heavy atom. The highest BCUT2D eigenvalue weighted by atomic mass is 19.1. The van der Waals surface area contributed by atoms with E-state index in [-0.39, 0.29) is 5.52 Å². The monoisotopic (exact) mass is 358 g/mol. The van der Waals surface area contributed by atoms with Crippen LogP contribution in [-0.4, -0.2) is 41.0 Å². The molecule has 1 aliphatic heterocycles. The Morgan fingerprint density at radius 3 is 2.58 bits per heavy atom. The summed E-state index contributed by atoms with van der Waals surface area (Å²) in [6, 6.07) is 4.04. The number of halogens is 2. The van der Waals surface area contributed by atoms with Gasteiger partial charge in [0.25, 0.3) is 0 Å². The first kappa shape index (κ1) is 16.9. The molecular weight excluding hydrogens is 338 g/mol. The van der Waals surface area contributed by atoms with Gasteiger partial charge in [-0.15, -0.1) is 0 Å². The summed E-state index contributed by atoms with van der Waals surface area (Å²) in [5.41, 5.74) is 1.94. The molecule has 3 heterocycles. The van der Waals surface area contributed by atoms with E-state index in [0.29, 0.717) is 11.9 Å². The second kappa shape index (κ2) is 6.64. The number of nitrogens with zero attached hydrogens (tertiary/aromatic N) is 4. The van der Waals surface area contributed by atoms with Gasteiger partial charge in [-0.2, -0.15) is 0 Å². The molecule has 0 unspecified atom stereocenters. The summed E-state index contributed by atoms with van der Waals surface area (Å²) in [6.45, 7) is 7.68. The van der Waals surface area contributed by atoms with Crippen molar-refractivity contribution in [2.45, 2.75) is 20.4 Å². The van der Waals surface area contributed by atoms with Crippen molar-refractivity contribution in [1.82, 2.24) is 14.9 Å². The topological polar surface area (TPSA) is 45.4 Å². The maximum absolute atomic E-state index is 14.0. The van der Waals surface area contributed by atoms with E-state index in [9.17, 15) is 8.78 Å². The lowest BCUT2D eigenvalue weighted by Gasteiger charge is -2.36. The van der Waals surface area contributed by atoms with Gasteiger partial charge in [0.15, 0.2) is 5.82 Å². The molecule has 0 bridgehead atoms. The molecule has 0 amide bonds. The van der Waals surface area contributed by atoms with Crippen molar-refractivity contribution in [3.05, 3.63) is 53.4 Å². The Labute approximate surface area is 150 Å². The zero-order chi connectivity index (χ0) is 18.3.